The van der Waals surface area contributed by atoms with Gasteiger partial charge in [-0.15, -0.1) is 0 Å². The maximum absolute atomic E-state index is 5.88. The van der Waals surface area contributed by atoms with Crippen LogP contribution >= 0.6 is 0 Å². The van der Waals surface area contributed by atoms with Gasteiger partial charge in [0.05, 0.1) is 18.2 Å². The average molecular weight is 285 g/mol. The van der Waals surface area contributed by atoms with Crippen molar-refractivity contribution in [3.63, 3.8) is 0 Å². The lowest BCUT2D eigenvalue weighted by Gasteiger charge is -2.13. The number of hydrogen-bond donors (Lipinski definition) is 1. The molecule has 0 amide bonds. The van der Waals surface area contributed by atoms with Crippen molar-refractivity contribution < 1.29 is 4.74 Å². The Hall–Kier alpha value is -1.81. The molecule has 2 aromatic rings. The first-order valence-corrected chi connectivity index (χ1v) is 7.74. The lowest BCUT2D eigenvalue weighted by molar-refractivity contribution is 0.294. The minimum Gasteiger partial charge on any atom is -0.487 e. The molecule has 0 bridgehead atoms. The molecule has 1 aromatic carbocycles. The van der Waals surface area contributed by atoms with Gasteiger partial charge in [-0.05, 0) is 44.0 Å². The Balaban J connectivity index is 1.59. The summed E-state index contributed by atoms with van der Waals surface area (Å²) in [6.45, 7) is 5.85. The third-order valence-corrected chi connectivity index (χ3v) is 3.96. The molecular formula is C17H23N3O. The zero-order valence-corrected chi connectivity index (χ0v) is 12.7. The minimum atomic E-state index is 0.375. The lowest BCUT2D eigenvalue weighted by atomic mass is 10.1. The van der Waals surface area contributed by atoms with Crippen LogP contribution in [0.25, 0.3) is 0 Å². The second kappa shape index (κ2) is 6.31. The second-order valence-corrected chi connectivity index (χ2v) is 5.66. The highest BCUT2D eigenvalue weighted by Crippen LogP contribution is 2.35. The molecule has 1 saturated carbocycles. The van der Waals surface area contributed by atoms with Crippen molar-refractivity contribution in [2.75, 3.05) is 6.54 Å². The van der Waals surface area contributed by atoms with Crippen molar-refractivity contribution in [2.24, 2.45) is 0 Å². The van der Waals surface area contributed by atoms with Crippen LogP contribution in [0.4, 0.5) is 0 Å². The average Bonchev–Trinajstić information content (AvgIpc) is 3.24. The van der Waals surface area contributed by atoms with E-state index >= 15 is 0 Å². The van der Waals surface area contributed by atoms with E-state index in [9.17, 15) is 0 Å². The van der Waals surface area contributed by atoms with E-state index in [1.807, 2.05) is 24.7 Å². The molecule has 1 atom stereocenters. The van der Waals surface area contributed by atoms with E-state index in [-0.39, 0.29) is 0 Å². The van der Waals surface area contributed by atoms with E-state index < -0.39 is 0 Å². The number of nitrogens with zero attached hydrogens (tertiary/aromatic N) is 2. The summed E-state index contributed by atoms with van der Waals surface area (Å²) >= 11 is 0. The van der Waals surface area contributed by atoms with E-state index in [1.54, 1.807) is 0 Å². The van der Waals surface area contributed by atoms with Gasteiger partial charge in [-0.25, -0.2) is 4.98 Å². The Labute approximate surface area is 126 Å². The molecule has 112 valence electrons. The molecule has 0 radical (unpaired) electrons. The molecule has 1 fully saturated rings. The number of benzene rings is 1. The topological polar surface area (TPSA) is 39.1 Å². The first-order valence-electron chi connectivity index (χ1n) is 7.74. The van der Waals surface area contributed by atoms with Crippen LogP contribution in [0.1, 0.15) is 50.0 Å². The molecule has 4 nitrogen and oxygen atoms in total. The molecular weight excluding hydrogens is 262 g/mol. The molecule has 1 aliphatic carbocycles. The number of nitrogens with one attached hydrogen (secondary N) is 1. The van der Waals surface area contributed by atoms with Gasteiger partial charge < -0.3 is 14.6 Å². The number of ether oxygens (including phenoxy) is 1. The summed E-state index contributed by atoms with van der Waals surface area (Å²) in [5.74, 6) is 0.908. The molecule has 21 heavy (non-hydrogen) atoms. The molecule has 4 heteroatoms. The number of imidazole rings is 1. The fraction of sp³-hybridized carbons (Fsp3) is 0.471. The monoisotopic (exact) mass is 285 g/mol. The minimum absolute atomic E-state index is 0.375. The van der Waals surface area contributed by atoms with Crippen molar-refractivity contribution in [2.45, 2.75) is 45.4 Å². The highest BCUT2D eigenvalue weighted by molar-refractivity contribution is 5.29. The number of aromatic nitrogens is 2. The predicted molar refractivity (Wildman–Crippen MR) is 83.4 cm³/mol. The first kappa shape index (κ1) is 14.1. The van der Waals surface area contributed by atoms with Gasteiger partial charge in [-0.2, -0.15) is 0 Å². The molecule has 1 heterocycles. The van der Waals surface area contributed by atoms with Crippen LogP contribution in [-0.4, -0.2) is 16.1 Å². The summed E-state index contributed by atoms with van der Waals surface area (Å²) in [7, 11) is 0. The third-order valence-electron chi connectivity index (χ3n) is 3.96. The third kappa shape index (κ3) is 3.45. The Morgan fingerprint density at radius 1 is 1.33 bits per heavy atom. The van der Waals surface area contributed by atoms with Crippen molar-refractivity contribution in [1.29, 1.82) is 0 Å². The Kier molecular flexibility index (Phi) is 4.25. The summed E-state index contributed by atoms with van der Waals surface area (Å²) in [5.41, 5.74) is 2.44. The van der Waals surface area contributed by atoms with E-state index in [1.165, 1.54) is 18.4 Å². The van der Waals surface area contributed by atoms with Crippen LogP contribution < -0.4 is 10.1 Å². The molecule has 1 unspecified atom stereocenters. The highest BCUT2D eigenvalue weighted by Gasteiger charge is 2.25. The molecule has 3 rings (SSSR count). The molecule has 0 saturated heterocycles. The van der Waals surface area contributed by atoms with Gasteiger partial charge in [0.1, 0.15) is 12.4 Å². The summed E-state index contributed by atoms with van der Waals surface area (Å²) in [6.07, 6.45) is 6.35. The molecule has 1 aromatic heterocycles. The fourth-order valence-electron chi connectivity index (χ4n) is 2.56. The molecule has 1 N–H and O–H groups in total. The van der Waals surface area contributed by atoms with Gasteiger partial charge in [-0.3, -0.25) is 0 Å². The maximum Gasteiger partial charge on any atom is 0.130 e. The maximum atomic E-state index is 5.88. The Bertz CT molecular complexity index is 572. The van der Waals surface area contributed by atoms with E-state index in [4.69, 9.17) is 4.74 Å². The van der Waals surface area contributed by atoms with Crippen LogP contribution in [-0.2, 0) is 6.61 Å². The number of hydrogen-bond acceptors (Lipinski definition) is 3. The van der Waals surface area contributed by atoms with Crippen LogP contribution in [0.3, 0.4) is 0 Å². The van der Waals surface area contributed by atoms with Gasteiger partial charge in [0.15, 0.2) is 0 Å². The SMILES string of the molecule is CCNC(C)c1ccc(OCc2cncn2C2CC2)cc1. The quantitative estimate of drug-likeness (QED) is 0.846. The second-order valence-electron chi connectivity index (χ2n) is 5.66. The summed E-state index contributed by atoms with van der Waals surface area (Å²) in [5, 5.41) is 3.41. The Morgan fingerprint density at radius 3 is 2.76 bits per heavy atom. The zero-order valence-electron chi connectivity index (χ0n) is 12.7. The largest absolute Gasteiger partial charge is 0.487 e. The summed E-state index contributed by atoms with van der Waals surface area (Å²) in [4.78, 5) is 4.23. The first-order chi connectivity index (χ1) is 10.3. The van der Waals surface area contributed by atoms with Crippen molar-refractivity contribution >= 4 is 0 Å². The summed E-state index contributed by atoms with van der Waals surface area (Å²) < 4.78 is 8.12. The van der Waals surface area contributed by atoms with Gasteiger partial charge >= 0.3 is 0 Å². The highest BCUT2D eigenvalue weighted by atomic mass is 16.5. The smallest absolute Gasteiger partial charge is 0.130 e. The van der Waals surface area contributed by atoms with E-state index in [0.29, 0.717) is 18.7 Å². The van der Waals surface area contributed by atoms with Crippen LogP contribution in [0.2, 0.25) is 0 Å². The standard InChI is InChI=1S/C17H23N3O/c1-3-19-13(2)14-4-8-17(9-5-14)21-11-16-10-18-12-20(16)15-6-7-15/h4-5,8-10,12-13,15,19H,3,6-7,11H2,1-2H3. The normalized spacial score (nSPS) is 15.9. The summed E-state index contributed by atoms with van der Waals surface area (Å²) in [6, 6.07) is 9.36. The lowest BCUT2D eigenvalue weighted by Crippen LogP contribution is -2.17. The molecule has 0 aliphatic heterocycles. The fourth-order valence-corrected chi connectivity index (χ4v) is 2.56. The van der Waals surface area contributed by atoms with E-state index in [2.05, 4.69) is 40.8 Å². The van der Waals surface area contributed by atoms with Gasteiger partial charge in [0.2, 0.25) is 0 Å². The van der Waals surface area contributed by atoms with Gasteiger partial charge in [0, 0.05) is 12.1 Å². The van der Waals surface area contributed by atoms with Crippen molar-refractivity contribution in [3.8, 4) is 5.75 Å². The van der Waals surface area contributed by atoms with Gasteiger partial charge in [-0.1, -0.05) is 19.1 Å². The number of rotatable bonds is 7. The van der Waals surface area contributed by atoms with Crippen LogP contribution in [0, 0.1) is 0 Å². The van der Waals surface area contributed by atoms with Gasteiger partial charge in [0.25, 0.3) is 0 Å². The van der Waals surface area contributed by atoms with Crippen LogP contribution in [0.15, 0.2) is 36.8 Å². The predicted octanol–water partition coefficient (Wildman–Crippen LogP) is 3.47. The van der Waals surface area contributed by atoms with Crippen molar-refractivity contribution in [1.82, 2.24) is 14.9 Å². The van der Waals surface area contributed by atoms with Crippen LogP contribution in [0.5, 0.6) is 5.75 Å². The van der Waals surface area contributed by atoms with E-state index in [0.717, 1.165) is 18.0 Å². The van der Waals surface area contributed by atoms with Crippen molar-refractivity contribution in [3.05, 3.63) is 48.0 Å². The zero-order chi connectivity index (χ0) is 14.7. The molecule has 0 spiro atoms. The molecule has 1 aliphatic rings. The Morgan fingerprint density at radius 2 is 2.10 bits per heavy atom.